The van der Waals surface area contributed by atoms with Crippen LogP contribution in [0.3, 0.4) is 0 Å². The van der Waals surface area contributed by atoms with E-state index in [4.69, 9.17) is 4.74 Å². The first-order chi connectivity index (χ1) is 9.06. The molecule has 0 heterocycles. The quantitative estimate of drug-likeness (QED) is 0.794. The first-order valence-corrected chi connectivity index (χ1v) is 6.63. The Morgan fingerprint density at radius 2 is 2.21 bits per heavy atom. The number of ether oxygens (including phenoxy) is 1. The van der Waals surface area contributed by atoms with Crippen LogP contribution in [0.2, 0.25) is 0 Å². The maximum Gasteiger partial charge on any atom is 0.337 e. The zero-order valence-corrected chi connectivity index (χ0v) is 11.5. The summed E-state index contributed by atoms with van der Waals surface area (Å²) in [6.07, 6.45) is 3.42. The molecule has 1 aliphatic carbocycles. The van der Waals surface area contributed by atoms with Gasteiger partial charge in [-0.1, -0.05) is 11.6 Å². The standard InChI is InChI=1S/C15H21NO3/c1-11-3-4-13(12(9-11)14(17)18)16-10-15(5-6-15)7-8-19-2/h3-4,9,16H,5-8,10H2,1-2H3,(H,17,18). The average Bonchev–Trinajstić information content (AvgIpc) is 3.15. The molecule has 1 aromatic carbocycles. The van der Waals surface area contributed by atoms with Gasteiger partial charge in [0.2, 0.25) is 0 Å². The van der Waals surface area contributed by atoms with Crippen LogP contribution in [0.15, 0.2) is 18.2 Å². The number of carbonyl (C=O) groups is 1. The molecule has 4 nitrogen and oxygen atoms in total. The third-order valence-corrected chi connectivity index (χ3v) is 3.85. The lowest BCUT2D eigenvalue weighted by molar-refractivity contribution is 0.0697. The second-order valence-corrected chi connectivity index (χ2v) is 5.45. The summed E-state index contributed by atoms with van der Waals surface area (Å²) in [5.74, 6) is -0.882. The lowest BCUT2D eigenvalue weighted by Crippen LogP contribution is -2.18. The first kappa shape index (κ1) is 13.9. The normalized spacial score (nSPS) is 16.1. The molecule has 0 aliphatic heterocycles. The number of methoxy groups -OCH3 is 1. The number of anilines is 1. The van der Waals surface area contributed by atoms with Crippen LogP contribution in [0.25, 0.3) is 0 Å². The molecule has 1 aromatic rings. The van der Waals surface area contributed by atoms with E-state index in [9.17, 15) is 9.90 Å². The summed E-state index contributed by atoms with van der Waals surface area (Å²) >= 11 is 0. The fourth-order valence-corrected chi connectivity index (χ4v) is 2.28. The second kappa shape index (κ2) is 5.61. The summed E-state index contributed by atoms with van der Waals surface area (Å²) in [4.78, 5) is 11.2. The predicted molar refractivity (Wildman–Crippen MR) is 74.8 cm³/mol. The fraction of sp³-hybridized carbons (Fsp3) is 0.533. The monoisotopic (exact) mass is 263 g/mol. The van der Waals surface area contributed by atoms with Crippen molar-refractivity contribution in [1.82, 2.24) is 0 Å². The minimum absolute atomic E-state index is 0.302. The SMILES string of the molecule is COCCC1(CNc2ccc(C)cc2C(=O)O)CC1. The molecule has 0 radical (unpaired) electrons. The van der Waals surface area contributed by atoms with Crippen molar-refractivity contribution in [3.05, 3.63) is 29.3 Å². The summed E-state index contributed by atoms with van der Waals surface area (Å²) in [5, 5.41) is 12.5. The summed E-state index contributed by atoms with van der Waals surface area (Å²) < 4.78 is 5.13. The van der Waals surface area contributed by atoms with Crippen molar-refractivity contribution in [2.75, 3.05) is 25.6 Å². The Kier molecular flexibility index (Phi) is 4.10. The lowest BCUT2D eigenvalue weighted by Gasteiger charge is -2.17. The predicted octanol–water partition coefficient (Wildman–Crippen LogP) is 2.92. The number of nitrogens with one attached hydrogen (secondary N) is 1. The van der Waals surface area contributed by atoms with Gasteiger partial charge >= 0.3 is 5.97 Å². The Morgan fingerprint density at radius 1 is 1.47 bits per heavy atom. The highest BCUT2D eigenvalue weighted by atomic mass is 16.5. The molecule has 0 saturated heterocycles. The number of carboxylic acids is 1. The zero-order chi connectivity index (χ0) is 13.9. The summed E-state index contributed by atoms with van der Waals surface area (Å²) in [5.41, 5.74) is 2.32. The van der Waals surface area contributed by atoms with E-state index in [2.05, 4.69) is 5.32 Å². The maximum absolute atomic E-state index is 11.2. The van der Waals surface area contributed by atoms with Crippen LogP contribution in [0.4, 0.5) is 5.69 Å². The van der Waals surface area contributed by atoms with E-state index >= 15 is 0 Å². The van der Waals surface area contributed by atoms with Gasteiger partial charge in [0.25, 0.3) is 0 Å². The van der Waals surface area contributed by atoms with Gasteiger partial charge < -0.3 is 15.2 Å². The van der Waals surface area contributed by atoms with Crippen LogP contribution in [-0.4, -0.2) is 31.3 Å². The Balaban J connectivity index is 2.01. The number of hydrogen-bond acceptors (Lipinski definition) is 3. The number of benzene rings is 1. The highest BCUT2D eigenvalue weighted by Gasteiger charge is 2.41. The van der Waals surface area contributed by atoms with Crippen molar-refractivity contribution in [1.29, 1.82) is 0 Å². The molecule has 1 fully saturated rings. The molecule has 19 heavy (non-hydrogen) atoms. The smallest absolute Gasteiger partial charge is 0.337 e. The molecule has 0 bridgehead atoms. The number of aryl methyl sites for hydroxylation is 1. The molecule has 2 N–H and O–H groups in total. The van der Waals surface area contributed by atoms with Gasteiger partial charge in [0.15, 0.2) is 0 Å². The number of rotatable bonds is 7. The molecule has 0 aromatic heterocycles. The number of carboxylic acid groups (broad SMARTS) is 1. The minimum Gasteiger partial charge on any atom is -0.478 e. The lowest BCUT2D eigenvalue weighted by atomic mass is 10.0. The molecule has 4 heteroatoms. The summed E-state index contributed by atoms with van der Waals surface area (Å²) in [6.45, 7) is 3.48. The molecule has 0 unspecified atom stereocenters. The molecule has 2 rings (SSSR count). The van der Waals surface area contributed by atoms with Crippen molar-refractivity contribution in [2.24, 2.45) is 5.41 Å². The Bertz CT molecular complexity index is 466. The van der Waals surface area contributed by atoms with Crippen LogP contribution >= 0.6 is 0 Å². The van der Waals surface area contributed by atoms with Crippen molar-refractivity contribution >= 4 is 11.7 Å². The second-order valence-electron chi connectivity index (χ2n) is 5.45. The van der Waals surface area contributed by atoms with E-state index in [1.807, 2.05) is 19.1 Å². The Morgan fingerprint density at radius 3 is 2.79 bits per heavy atom. The van der Waals surface area contributed by atoms with Crippen LogP contribution in [0.1, 0.15) is 35.2 Å². The van der Waals surface area contributed by atoms with Crippen LogP contribution in [-0.2, 0) is 4.74 Å². The minimum atomic E-state index is -0.882. The Labute approximate surface area is 113 Å². The summed E-state index contributed by atoms with van der Waals surface area (Å²) in [6, 6.07) is 5.49. The molecular formula is C15H21NO3. The van der Waals surface area contributed by atoms with E-state index < -0.39 is 5.97 Å². The van der Waals surface area contributed by atoms with Crippen molar-refractivity contribution < 1.29 is 14.6 Å². The average molecular weight is 263 g/mol. The largest absolute Gasteiger partial charge is 0.478 e. The number of hydrogen-bond donors (Lipinski definition) is 2. The zero-order valence-electron chi connectivity index (χ0n) is 11.5. The van der Waals surface area contributed by atoms with E-state index in [-0.39, 0.29) is 0 Å². The molecule has 1 aliphatic rings. The van der Waals surface area contributed by atoms with E-state index in [1.165, 1.54) is 12.8 Å². The van der Waals surface area contributed by atoms with Gasteiger partial charge in [-0.25, -0.2) is 4.79 Å². The molecule has 0 spiro atoms. The van der Waals surface area contributed by atoms with Gasteiger partial charge in [-0.05, 0) is 43.7 Å². The highest BCUT2D eigenvalue weighted by molar-refractivity contribution is 5.94. The van der Waals surface area contributed by atoms with Crippen molar-refractivity contribution in [2.45, 2.75) is 26.2 Å². The van der Waals surface area contributed by atoms with E-state index in [1.54, 1.807) is 13.2 Å². The molecule has 0 atom stereocenters. The first-order valence-electron chi connectivity index (χ1n) is 6.63. The topological polar surface area (TPSA) is 58.6 Å². The summed E-state index contributed by atoms with van der Waals surface area (Å²) in [7, 11) is 1.71. The van der Waals surface area contributed by atoms with Gasteiger partial charge in [0, 0.05) is 25.9 Å². The molecule has 1 saturated carbocycles. The fourth-order valence-electron chi connectivity index (χ4n) is 2.28. The van der Waals surface area contributed by atoms with Gasteiger partial charge in [-0.3, -0.25) is 0 Å². The van der Waals surface area contributed by atoms with E-state index in [0.717, 1.165) is 25.1 Å². The highest BCUT2D eigenvalue weighted by Crippen LogP contribution is 2.48. The van der Waals surface area contributed by atoms with Crippen LogP contribution in [0.5, 0.6) is 0 Å². The Hall–Kier alpha value is -1.55. The third-order valence-electron chi connectivity index (χ3n) is 3.85. The van der Waals surface area contributed by atoms with Gasteiger partial charge in [0.1, 0.15) is 0 Å². The van der Waals surface area contributed by atoms with Gasteiger partial charge in [0.05, 0.1) is 5.56 Å². The third kappa shape index (κ3) is 3.47. The molecule has 0 amide bonds. The van der Waals surface area contributed by atoms with E-state index in [0.29, 0.717) is 16.7 Å². The van der Waals surface area contributed by atoms with Gasteiger partial charge in [-0.15, -0.1) is 0 Å². The van der Waals surface area contributed by atoms with Crippen LogP contribution < -0.4 is 5.32 Å². The molecular weight excluding hydrogens is 242 g/mol. The van der Waals surface area contributed by atoms with Crippen LogP contribution in [0, 0.1) is 12.3 Å². The van der Waals surface area contributed by atoms with Crippen molar-refractivity contribution in [3.63, 3.8) is 0 Å². The molecule has 104 valence electrons. The van der Waals surface area contributed by atoms with Crippen molar-refractivity contribution in [3.8, 4) is 0 Å². The maximum atomic E-state index is 11.2. The van der Waals surface area contributed by atoms with Gasteiger partial charge in [-0.2, -0.15) is 0 Å². The number of aromatic carboxylic acids is 1.